The van der Waals surface area contributed by atoms with E-state index in [1.807, 2.05) is 17.0 Å². The van der Waals surface area contributed by atoms with Crippen molar-refractivity contribution in [3.63, 3.8) is 0 Å². The number of hydrogen-bond acceptors (Lipinski definition) is 3. The number of hydrogen-bond donors (Lipinski definition) is 0. The SMILES string of the molecule is N#Cc1ccc(/C=C/C(=O)N2CCN(C(=O)C3CCCCC3)CC2)cc1. The van der Waals surface area contributed by atoms with E-state index in [1.54, 1.807) is 29.2 Å². The molecule has 0 bridgehead atoms. The molecule has 0 N–H and O–H groups in total. The van der Waals surface area contributed by atoms with Gasteiger partial charge in [0, 0.05) is 38.2 Å². The van der Waals surface area contributed by atoms with E-state index in [-0.39, 0.29) is 17.7 Å². The average Bonchev–Trinajstić information content (AvgIpc) is 2.72. The van der Waals surface area contributed by atoms with Gasteiger partial charge in [0.2, 0.25) is 11.8 Å². The number of benzene rings is 1. The van der Waals surface area contributed by atoms with Crippen LogP contribution in [0.1, 0.15) is 43.2 Å². The van der Waals surface area contributed by atoms with Gasteiger partial charge in [0.1, 0.15) is 0 Å². The lowest BCUT2D eigenvalue weighted by Gasteiger charge is -2.36. The molecule has 1 aliphatic heterocycles. The lowest BCUT2D eigenvalue weighted by Crippen LogP contribution is -2.51. The quantitative estimate of drug-likeness (QED) is 0.787. The van der Waals surface area contributed by atoms with Crippen LogP contribution in [-0.4, -0.2) is 47.8 Å². The van der Waals surface area contributed by atoms with Gasteiger partial charge >= 0.3 is 0 Å². The molecule has 136 valence electrons. The van der Waals surface area contributed by atoms with Gasteiger partial charge in [-0.3, -0.25) is 9.59 Å². The fourth-order valence-electron chi connectivity index (χ4n) is 3.70. The van der Waals surface area contributed by atoms with Crippen molar-refractivity contribution in [3.05, 3.63) is 41.5 Å². The number of nitriles is 1. The Labute approximate surface area is 154 Å². The van der Waals surface area contributed by atoms with Crippen molar-refractivity contribution < 1.29 is 9.59 Å². The van der Waals surface area contributed by atoms with Gasteiger partial charge in [0.05, 0.1) is 11.6 Å². The smallest absolute Gasteiger partial charge is 0.246 e. The summed E-state index contributed by atoms with van der Waals surface area (Å²) in [5, 5.41) is 8.80. The van der Waals surface area contributed by atoms with Crippen LogP contribution in [0.2, 0.25) is 0 Å². The maximum Gasteiger partial charge on any atom is 0.246 e. The Bertz CT molecular complexity index is 704. The molecule has 5 heteroatoms. The fourth-order valence-corrected chi connectivity index (χ4v) is 3.70. The van der Waals surface area contributed by atoms with Crippen LogP contribution in [0.15, 0.2) is 30.3 Å². The van der Waals surface area contributed by atoms with Gasteiger partial charge in [-0.25, -0.2) is 0 Å². The summed E-state index contributed by atoms with van der Waals surface area (Å²) >= 11 is 0. The Morgan fingerprint density at radius 2 is 1.58 bits per heavy atom. The van der Waals surface area contributed by atoms with Crippen molar-refractivity contribution in [3.8, 4) is 6.07 Å². The Morgan fingerprint density at radius 3 is 2.19 bits per heavy atom. The Morgan fingerprint density at radius 1 is 0.962 bits per heavy atom. The third-order valence-corrected chi connectivity index (χ3v) is 5.32. The first-order valence-corrected chi connectivity index (χ1v) is 9.43. The molecule has 1 heterocycles. The minimum atomic E-state index is -0.0286. The molecule has 26 heavy (non-hydrogen) atoms. The Hall–Kier alpha value is -2.61. The normalized spacial score (nSPS) is 18.7. The van der Waals surface area contributed by atoms with Gasteiger partial charge in [-0.15, -0.1) is 0 Å². The largest absolute Gasteiger partial charge is 0.339 e. The summed E-state index contributed by atoms with van der Waals surface area (Å²) in [7, 11) is 0. The maximum absolute atomic E-state index is 12.6. The number of carbonyl (C=O) groups is 2. The first-order valence-electron chi connectivity index (χ1n) is 9.43. The van der Waals surface area contributed by atoms with Crippen molar-refractivity contribution in [1.82, 2.24) is 9.80 Å². The maximum atomic E-state index is 12.6. The van der Waals surface area contributed by atoms with Gasteiger partial charge in [-0.1, -0.05) is 31.4 Å². The number of nitrogens with zero attached hydrogens (tertiary/aromatic N) is 3. The van der Waals surface area contributed by atoms with Crippen LogP contribution in [-0.2, 0) is 9.59 Å². The van der Waals surface area contributed by atoms with E-state index in [2.05, 4.69) is 6.07 Å². The summed E-state index contributed by atoms with van der Waals surface area (Å²) in [6.45, 7) is 2.45. The van der Waals surface area contributed by atoms with E-state index in [9.17, 15) is 9.59 Å². The zero-order valence-corrected chi connectivity index (χ0v) is 15.1. The summed E-state index contributed by atoms with van der Waals surface area (Å²) in [6, 6.07) is 9.19. The molecule has 1 saturated carbocycles. The van der Waals surface area contributed by atoms with Gasteiger partial charge in [-0.05, 0) is 36.6 Å². The number of amides is 2. The van der Waals surface area contributed by atoms with E-state index in [4.69, 9.17) is 5.26 Å². The lowest BCUT2D eigenvalue weighted by atomic mass is 9.88. The van der Waals surface area contributed by atoms with Crippen LogP contribution < -0.4 is 0 Å². The minimum Gasteiger partial charge on any atom is -0.339 e. The summed E-state index contributed by atoms with van der Waals surface area (Å²) in [5.74, 6) is 0.450. The topological polar surface area (TPSA) is 64.4 Å². The molecule has 0 atom stereocenters. The molecule has 2 fully saturated rings. The van der Waals surface area contributed by atoms with Gasteiger partial charge < -0.3 is 9.80 Å². The zero-order valence-electron chi connectivity index (χ0n) is 15.1. The molecule has 2 aliphatic rings. The first-order chi connectivity index (χ1) is 12.7. The number of carbonyl (C=O) groups excluding carboxylic acids is 2. The predicted molar refractivity (Wildman–Crippen MR) is 99.9 cm³/mol. The van der Waals surface area contributed by atoms with Crippen LogP contribution in [0.25, 0.3) is 6.08 Å². The molecule has 1 saturated heterocycles. The number of rotatable bonds is 3. The second-order valence-corrected chi connectivity index (χ2v) is 7.05. The molecule has 3 rings (SSSR count). The summed E-state index contributed by atoms with van der Waals surface area (Å²) < 4.78 is 0. The second-order valence-electron chi connectivity index (χ2n) is 7.05. The molecule has 1 aliphatic carbocycles. The van der Waals surface area contributed by atoms with Gasteiger partial charge in [0.25, 0.3) is 0 Å². The highest BCUT2D eigenvalue weighted by Gasteiger charge is 2.29. The van der Waals surface area contributed by atoms with Crippen LogP contribution in [0.3, 0.4) is 0 Å². The molecule has 5 nitrogen and oxygen atoms in total. The summed E-state index contributed by atoms with van der Waals surface area (Å²) in [4.78, 5) is 28.7. The van der Waals surface area contributed by atoms with Crippen LogP contribution in [0, 0.1) is 17.2 Å². The van der Waals surface area contributed by atoms with E-state index in [1.165, 1.54) is 6.42 Å². The standard InChI is InChI=1S/C21H25N3O2/c22-16-18-8-6-17(7-9-18)10-11-20(25)23-12-14-24(15-13-23)21(26)19-4-2-1-3-5-19/h6-11,19H,1-5,12-15H2/b11-10+. The summed E-state index contributed by atoms with van der Waals surface area (Å²) in [6.07, 6.45) is 8.95. The molecule has 2 amide bonds. The highest BCUT2D eigenvalue weighted by atomic mass is 16.2. The average molecular weight is 351 g/mol. The van der Waals surface area contributed by atoms with Crippen molar-refractivity contribution in [1.29, 1.82) is 5.26 Å². The highest BCUT2D eigenvalue weighted by Crippen LogP contribution is 2.25. The van der Waals surface area contributed by atoms with Crippen LogP contribution in [0.5, 0.6) is 0 Å². The minimum absolute atomic E-state index is 0.0286. The van der Waals surface area contributed by atoms with E-state index >= 15 is 0 Å². The third kappa shape index (κ3) is 4.51. The molecule has 1 aromatic carbocycles. The van der Waals surface area contributed by atoms with Crippen molar-refractivity contribution in [2.45, 2.75) is 32.1 Å². The molecule has 0 aromatic heterocycles. The molecule has 1 aromatic rings. The first kappa shape index (κ1) is 18.2. The van der Waals surface area contributed by atoms with Crippen LogP contribution >= 0.6 is 0 Å². The van der Waals surface area contributed by atoms with Crippen LogP contribution in [0.4, 0.5) is 0 Å². The molecule has 0 radical (unpaired) electrons. The molecule has 0 unspecified atom stereocenters. The Kier molecular flexibility index (Phi) is 6.06. The number of piperazine rings is 1. The van der Waals surface area contributed by atoms with E-state index in [0.29, 0.717) is 31.7 Å². The van der Waals surface area contributed by atoms with E-state index in [0.717, 1.165) is 31.2 Å². The van der Waals surface area contributed by atoms with E-state index < -0.39 is 0 Å². The van der Waals surface area contributed by atoms with Crippen molar-refractivity contribution in [2.24, 2.45) is 5.92 Å². The molecular weight excluding hydrogens is 326 g/mol. The van der Waals surface area contributed by atoms with Gasteiger partial charge in [0.15, 0.2) is 0 Å². The molecular formula is C21H25N3O2. The van der Waals surface area contributed by atoms with Crippen molar-refractivity contribution >= 4 is 17.9 Å². The van der Waals surface area contributed by atoms with Crippen molar-refractivity contribution in [2.75, 3.05) is 26.2 Å². The molecule has 0 spiro atoms. The predicted octanol–water partition coefficient (Wildman–Crippen LogP) is 2.82. The summed E-state index contributed by atoms with van der Waals surface area (Å²) in [5.41, 5.74) is 1.50. The highest BCUT2D eigenvalue weighted by molar-refractivity contribution is 5.92. The zero-order chi connectivity index (χ0) is 18.4. The fraction of sp³-hybridized carbons (Fsp3) is 0.476. The van der Waals surface area contributed by atoms with Gasteiger partial charge in [-0.2, -0.15) is 5.26 Å². The lowest BCUT2D eigenvalue weighted by molar-refractivity contribution is -0.141. The Balaban J connectivity index is 1.49. The third-order valence-electron chi connectivity index (χ3n) is 5.32. The monoisotopic (exact) mass is 351 g/mol. The second kappa shape index (κ2) is 8.66.